The molecule has 0 aliphatic carbocycles. The molecular formula is C26H19N3O2S. The Labute approximate surface area is 187 Å². The molecule has 0 aliphatic heterocycles. The summed E-state index contributed by atoms with van der Waals surface area (Å²) in [6.45, 7) is 4.01. The van der Waals surface area contributed by atoms with Crippen molar-refractivity contribution in [1.82, 2.24) is 15.0 Å². The summed E-state index contributed by atoms with van der Waals surface area (Å²) in [6, 6.07) is 19.5. The van der Waals surface area contributed by atoms with Gasteiger partial charge in [0.05, 0.1) is 32.0 Å². The van der Waals surface area contributed by atoms with Crippen LogP contribution in [0.15, 0.2) is 65.5 Å². The predicted molar refractivity (Wildman–Crippen MR) is 132 cm³/mol. The molecule has 32 heavy (non-hydrogen) atoms. The van der Waals surface area contributed by atoms with E-state index in [9.17, 15) is 9.90 Å². The number of aryl methyl sites for hydroxylation is 2. The van der Waals surface area contributed by atoms with Crippen LogP contribution in [0, 0.1) is 13.8 Å². The number of nitrogens with zero attached hydrogens (tertiary/aromatic N) is 1. The first-order chi connectivity index (χ1) is 15.5. The minimum atomic E-state index is -0.333. The quantitative estimate of drug-likeness (QED) is 0.298. The number of hydrogen-bond acceptors (Lipinski definition) is 4. The third kappa shape index (κ3) is 2.70. The van der Waals surface area contributed by atoms with Crippen LogP contribution in [0.3, 0.4) is 0 Å². The smallest absolute Gasteiger partial charge is 0.260 e. The summed E-state index contributed by atoms with van der Waals surface area (Å²) in [5.74, 6) is -0.0249. The van der Waals surface area contributed by atoms with Crippen LogP contribution in [-0.4, -0.2) is 20.1 Å². The molecule has 0 fully saturated rings. The Hall–Kier alpha value is -3.90. The van der Waals surface area contributed by atoms with Gasteiger partial charge in [-0.25, -0.2) is 4.98 Å². The fourth-order valence-electron chi connectivity index (χ4n) is 4.51. The fourth-order valence-corrected chi connectivity index (χ4v) is 5.34. The van der Waals surface area contributed by atoms with Gasteiger partial charge >= 0.3 is 0 Å². The second kappa shape index (κ2) is 6.80. The maximum absolute atomic E-state index is 13.3. The topological polar surface area (TPSA) is 81.8 Å². The second-order valence-electron chi connectivity index (χ2n) is 8.04. The van der Waals surface area contributed by atoms with Gasteiger partial charge in [0.25, 0.3) is 5.56 Å². The molecule has 0 radical (unpaired) electrons. The van der Waals surface area contributed by atoms with Crippen molar-refractivity contribution in [3.05, 3.63) is 81.6 Å². The second-order valence-corrected chi connectivity index (χ2v) is 9.27. The highest BCUT2D eigenvalue weighted by atomic mass is 32.1. The maximum atomic E-state index is 13.3. The average Bonchev–Trinajstić information content (AvgIpc) is 3.34. The van der Waals surface area contributed by atoms with E-state index >= 15 is 0 Å². The molecule has 0 aliphatic rings. The van der Waals surface area contributed by atoms with Crippen molar-refractivity contribution in [3.63, 3.8) is 0 Å². The molecule has 0 spiro atoms. The molecular weight excluding hydrogens is 418 g/mol. The van der Waals surface area contributed by atoms with E-state index in [4.69, 9.17) is 4.98 Å². The van der Waals surface area contributed by atoms with Crippen LogP contribution in [0.2, 0.25) is 0 Å². The van der Waals surface area contributed by atoms with Gasteiger partial charge in [0, 0.05) is 21.9 Å². The monoisotopic (exact) mass is 437 g/mol. The molecule has 3 heterocycles. The Kier molecular flexibility index (Phi) is 4.00. The van der Waals surface area contributed by atoms with Crippen molar-refractivity contribution >= 4 is 43.4 Å². The van der Waals surface area contributed by atoms with Gasteiger partial charge in [0.1, 0.15) is 5.75 Å². The standard InChI is InChI=1S/C26H19N3O2S/c1-13-6-5-7-15(12-13)23-21(20-18(28-23)10-11-19-24(20)27-14(2)32-19)22-25(30)16-8-3-4-9-17(16)29-26(22)31/h3-12,28H,1-2H3,(H2,29,30,31). The Morgan fingerprint density at radius 2 is 1.75 bits per heavy atom. The van der Waals surface area contributed by atoms with Crippen LogP contribution in [0.5, 0.6) is 5.75 Å². The molecule has 6 rings (SSSR count). The summed E-state index contributed by atoms with van der Waals surface area (Å²) in [4.78, 5) is 24.6. The van der Waals surface area contributed by atoms with Crippen molar-refractivity contribution < 1.29 is 5.11 Å². The zero-order valence-electron chi connectivity index (χ0n) is 17.5. The van der Waals surface area contributed by atoms with Crippen molar-refractivity contribution in [2.24, 2.45) is 0 Å². The molecule has 3 N–H and O–H groups in total. The first kappa shape index (κ1) is 18.8. The van der Waals surface area contributed by atoms with Gasteiger partial charge in [-0.2, -0.15) is 0 Å². The Morgan fingerprint density at radius 1 is 0.906 bits per heavy atom. The van der Waals surface area contributed by atoms with Crippen LogP contribution in [0.1, 0.15) is 10.6 Å². The van der Waals surface area contributed by atoms with Gasteiger partial charge in [-0.3, -0.25) is 4.79 Å². The molecule has 0 amide bonds. The average molecular weight is 438 g/mol. The van der Waals surface area contributed by atoms with Crippen LogP contribution in [0.4, 0.5) is 0 Å². The molecule has 0 saturated heterocycles. The molecule has 0 unspecified atom stereocenters. The number of aromatic hydroxyl groups is 1. The number of nitrogens with one attached hydrogen (secondary N) is 2. The lowest BCUT2D eigenvalue weighted by Crippen LogP contribution is -2.09. The molecule has 5 nitrogen and oxygen atoms in total. The van der Waals surface area contributed by atoms with Crippen molar-refractivity contribution in [2.75, 3.05) is 0 Å². The van der Waals surface area contributed by atoms with Gasteiger partial charge in [0.2, 0.25) is 0 Å². The number of rotatable bonds is 2. The molecule has 6 aromatic rings. The van der Waals surface area contributed by atoms with Crippen molar-refractivity contribution in [3.8, 4) is 28.1 Å². The summed E-state index contributed by atoms with van der Waals surface area (Å²) in [5, 5.41) is 13.7. The molecule has 3 aromatic heterocycles. The highest BCUT2D eigenvalue weighted by Crippen LogP contribution is 2.45. The van der Waals surface area contributed by atoms with E-state index in [1.54, 1.807) is 17.4 Å². The minimum Gasteiger partial charge on any atom is -0.506 e. The number of pyridine rings is 1. The fraction of sp³-hybridized carbons (Fsp3) is 0.0769. The summed E-state index contributed by atoms with van der Waals surface area (Å²) < 4.78 is 1.04. The van der Waals surface area contributed by atoms with E-state index in [2.05, 4.69) is 16.0 Å². The summed E-state index contributed by atoms with van der Waals surface area (Å²) >= 11 is 1.62. The number of thiazole rings is 1. The number of hydrogen-bond donors (Lipinski definition) is 3. The number of aromatic nitrogens is 3. The number of aromatic amines is 2. The maximum Gasteiger partial charge on any atom is 0.260 e. The molecule has 156 valence electrons. The SMILES string of the molecule is Cc1cccc(-c2[nH]c3ccc4sc(C)nc4c3c2-c2c(O)c3ccccc3[nH]c2=O)c1. The number of benzene rings is 3. The predicted octanol–water partition coefficient (Wildman–Crippen LogP) is 6.28. The number of para-hydroxylation sites is 1. The van der Waals surface area contributed by atoms with E-state index in [1.165, 1.54) is 0 Å². The van der Waals surface area contributed by atoms with Gasteiger partial charge in [-0.15, -0.1) is 11.3 Å². The summed E-state index contributed by atoms with van der Waals surface area (Å²) in [6.07, 6.45) is 0. The third-order valence-electron chi connectivity index (χ3n) is 5.88. The van der Waals surface area contributed by atoms with Crippen LogP contribution >= 0.6 is 11.3 Å². The van der Waals surface area contributed by atoms with Gasteiger partial charge in [-0.1, -0.05) is 35.9 Å². The Balaban J connectivity index is 1.84. The highest BCUT2D eigenvalue weighted by molar-refractivity contribution is 7.18. The zero-order valence-corrected chi connectivity index (χ0v) is 18.3. The van der Waals surface area contributed by atoms with Crippen LogP contribution < -0.4 is 5.56 Å². The van der Waals surface area contributed by atoms with E-state index in [1.807, 2.05) is 62.4 Å². The number of fused-ring (bicyclic) bond motifs is 4. The molecule has 6 heteroatoms. The molecule has 0 saturated carbocycles. The number of H-pyrrole nitrogens is 2. The van der Waals surface area contributed by atoms with Gasteiger partial charge < -0.3 is 15.1 Å². The highest BCUT2D eigenvalue weighted by Gasteiger charge is 2.24. The molecule has 0 atom stereocenters. The lowest BCUT2D eigenvalue weighted by atomic mass is 9.96. The van der Waals surface area contributed by atoms with Gasteiger partial charge in [0.15, 0.2) is 0 Å². The third-order valence-corrected chi connectivity index (χ3v) is 6.81. The van der Waals surface area contributed by atoms with Crippen molar-refractivity contribution in [1.29, 1.82) is 0 Å². The van der Waals surface area contributed by atoms with Crippen molar-refractivity contribution in [2.45, 2.75) is 13.8 Å². The van der Waals surface area contributed by atoms with E-state index < -0.39 is 0 Å². The molecule has 0 bridgehead atoms. The van der Waals surface area contributed by atoms with Gasteiger partial charge in [-0.05, 0) is 49.7 Å². The minimum absolute atomic E-state index is 0.0249. The van der Waals surface area contributed by atoms with E-state index in [-0.39, 0.29) is 16.9 Å². The lowest BCUT2D eigenvalue weighted by molar-refractivity contribution is 0.482. The van der Waals surface area contributed by atoms with Crippen LogP contribution in [-0.2, 0) is 0 Å². The summed E-state index contributed by atoms with van der Waals surface area (Å²) in [7, 11) is 0. The summed E-state index contributed by atoms with van der Waals surface area (Å²) in [5.41, 5.74) is 5.75. The van der Waals surface area contributed by atoms with E-state index in [0.717, 1.165) is 42.9 Å². The zero-order chi connectivity index (χ0) is 22.0. The first-order valence-electron chi connectivity index (χ1n) is 10.3. The van der Waals surface area contributed by atoms with Crippen LogP contribution in [0.25, 0.3) is 54.4 Å². The first-order valence-corrected chi connectivity index (χ1v) is 11.2. The Bertz CT molecular complexity index is 1740. The van der Waals surface area contributed by atoms with E-state index in [0.29, 0.717) is 16.5 Å². The normalized spacial score (nSPS) is 11.7. The lowest BCUT2D eigenvalue weighted by Gasteiger charge is -2.10. The molecule has 3 aromatic carbocycles. The largest absolute Gasteiger partial charge is 0.506 e. The Morgan fingerprint density at radius 3 is 2.59 bits per heavy atom.